The van der Waals surface area contributed by atoms with Gasteiger partial charge in [-0.05, 0) is 38.5 Å². The van der Waals surface area contributed by atoms with Gasteiger partial charge in [0, 0.05) is 18.2 Å². The molecular weight excluding hydrogens is 212 g/mol. The first-order chi connectivity index (χ1) is 8.13. The zero-order chi connectivity index (χ0) is 12.4. The maximum atomic E-state index is 5.19. The van der Waals surface area contributed by atoms with E-state index in [9.17, 15) is 0 Å². The average Bonchev–Trinajstić information content (AvgIpc) is 2.82. The number of hydrogen-bond donors (Lipinski definition) is 1. The molecule has 1 aromatic rings. The van der Waals surface area contributed by atoms with Crippen LogP contribution in [0, 0.1) is 25.7 Å². The molecule has 0 saturated heterocycles. The third kappa shape index (κ3) is 2.54. The van der Waals surface area contributed by atoms with Crippen molar-refractivity contribution < 1.29 is 4.52 Å². The van der Waals surface area contributed by atoms with Crippen molar-refractivity contribution in [3.63, 3.8) is 0 Å². The van der Waals surface area contributed by atoms with Crippen LogP contribution in [0.25, 0.3) is 0 Å². The molecule has 0 aliphatic heterocycles. The van der Waals surface area contributed by atoms with E-state index in [0.29, 0.717) is 6.04 Å². The summed E-state index contributed by atoms with van der Waals surface area (Å²) < 4.78 is 5.19. The molecule has 1 aliphatic rings. The monoisotopic (exact) mass is 236 g/mol. The molecule has 1 aromatic heterocycles. The normalized spacial score (nSPS) is 28.8. The molecule has 17 heavy (non-hydrogen) atoms. The van der Waals surface area contributed by atoms with Gasteiger partial charge in [0.05, 0.1) is 5.69 Å². The van der Waals surface area contributed by atoms with Crippen LogP contribution >= 0.6 is 0 Å². The van der Waals surface area contributed by atoms with Crippen molar-refractivity contribution in [2.24, 2.45) is 11.8 Å². The molecule has 1 aliphatic carbocycles. The molecule has 1 fully saturated rings. The van der Waals surface area contributed by atoms with Crippen molar-refractivity contribution in [2.45, 2.75) is 59.5 Å². The molecule has 3 atom stereocenters. The molecule has 96 valence electrons. The highest BCUT2D eigenvalue weighted by Crippen LogP contribution is 2.34. The second kappa shape index (κ2) is 5.21. The fraction of sp³-hybridized carbons (Fsp3) is 0.786. The summed E-state index contributed by atoms with van der Waals surface area (Å²) in [5.74, 6) is 2.64. The summed E-state index contributed by atoms with van der Waals surface area (Å²) in [5.41, 5.74) is 2.25. The van der Waals surface area contributed by atoms with Gasteiger partial charge in [-0.3, -0.25) is 0 Å². The number of nitrogens with zero attached hydrogens (tertiary/aromatic N) is 1. The van der Waals surface area contributed by atoms with E-state index in [4.69, 9.17) is 4.52 Å². The first-order valence-electron chi connectivity index (χ1n) is 6.78. The van der Waals surface area contributed by atoms with Crippen LogP contribution in [0.2, 0.25) is 0 Å². The van der Waals surface area contributed by atoms with Gasteiger partial charge in [0.2, 0.25) is 0 Å². The minimum Gasteiger partial charge on any atom is -0.361 e. The first-order valence-corrected chi connectivity index (χ1v) is 6.78. The van der Waals surface area contributed by atoms with Gasteiger partial charge in [0.25, 0.3) is 0 Å². The maximum absolute atomic E-state index is 5.19. The molecule has 0 aromatic carbocycles. The molecule has 1 saturated carbocycles. The molecule has 1 N–H and O–H groups in total. The Hall–Kier alpha value is -0.830. The van der Waals surface area contributed by atoms with Gasteiger partial charge in [0.1, 0.15) is 5.76 Å². The van der Waals surface area contributed by atoms with Crippen molar-refractivity contribution in [3.05, 3.63) is 17.0 Å². The number of hydrogen-bond acceptors (Lipinski definition) is 3. The molecular formula is C14H24N2O. The summed E-state index contributed by atoms with van der Waals surface area (Å²) in [4.78, 5) is 0. The Labute approximate surface area is 104 Å². The van der Waals surface area contributed by atoms with Crippen LogP contribution in [0.3, 0.4) is 0 Å². The fourth-order valence-electron chi connectivity index (χ4n) is 3.10. The Kier molecular flexibility index (Phi) is 3.87. The smallest absolute Gasteiger partial charge is 0.138 e. The standard InChI is InChI=1S/C14H24N2O/c1-5-12-6-7-14(9(12)2)15-8-13-10(3)16-17-11(13)4/h9,12,14-15H,5-8H2,1-4H3. The zero-order valence-electron chi connectivity index (χ0n) is 11.4. The SMILES string of the molecule is CCC1CCC(NCc2c(C)noc2C)C1C. The zero-order valence-corrected chi connectivity index (χ0v) is 11.4. The number of nitrogens with one attached hydrogen (secondary N) is 1. The van der Waals surface area contributed by atoms with E-state index in [1.165, 1.54) is 24.8 Å². The Morgan fingerprint density at radius 1 is 1.35 bits per heavy atom. The summed E-state index contributed by atoms with van der Waals surface area (Å²) in [5, 5.41) is 7.68. The topological polar surface area (TPSA) is 38.1 Å². The lowest BCUT2D eigenvalue weighted by atomic mass is 9.93. The van der Waals surface area contributed by atoms with Crippen LogP contribution in [0.4, 0.5) is 0 Å². The number of aromatic nitrogens is 1. The largest absolute Gasteiger partial charge is 0.361 e. The minimum atomic E-state index is 0.661. The van der Waals surface area contributed by atoms with E-state index < -0.39 is 0 Å². The van der Waals surface area contributed by atoms with Gasteiger partial charge < -0.3 is 9.84 Å². The van der Waals surface area contributed by atoms with E-state index in [0.717, 1.165) is 29.8 Å². The number of aryl methyl sites for hydroxylation is 2. The van der Waals surface area contributed by atoms with Crippen molar-refractivity contribution in [1.29, 1.82) is 0 Å². The number of rotatable bonds is 4. The lowest BCUT2D eigenvalue weighted by Gasteiger charge is -2.21. The summed E-state index contributed by atoms with van der Waals surface area (Å²) >= 11 is 0. The summed E-state index contributed by atoms with van der Waals surface area (Å²) in [7, 11) is 0. The van der Waals surface area contributed by atoms with E-state index in [1.54, 1.807) is 0 Å². The molecule has 3 nitrogen and oxygen atoms in total. The van der Waals surface area contributed by atoms with Crippen LogP contribution in [0.15, 0.2) is 4.52 Å². The van der Waals surface area contributed by atoms with E-state index in [1.807, 2.05) is 13.8 Å². The van der Waals surface area contributed by atoms with Crippen LogP contribution < -0.4 is 5.32 Å². The third-order valence-corrected chi connectivity index (χ3v) is 4.47. The first kappa shape index (κ1) is 12.6. The van der Waals surface area contributed by atoms with Gasteiger partial charge in [-0.25, -0.2) is 0 Å². The highest BCUT2D eigenvalue weighted by molar-refractivity contribution is 5.20. The van der Waals surface area contributed by atoms with Gasteiger partial charge in [-0.2, -0.15) is 0 Å². The molecule has 0 bridgehead atoms. The van der Waals surface area contributed by atoms with Crippen LogP contribution in [-0.2, 0) is 6.54 Å². The van der Waals surface area contributed by atoms with E-state index >= 15 is 0 Å². The Morgan fingerprint density at radius 2 is 2.12 bits per heavy atom. The lowest BCUT2D eigenvalue weighted by Crippen LogP contribution is -2.32. The van der Waals surface area contributed by atoms with Crippen LogP contribution in [-0.4, -0.2) is 11.2 Å². The van der Waals surface area contributed by atoms with Crippen molar-refractivity contribution in [3.8, 4) is 0 Å². The fourth-order valence-corrected chi connectivity index (χ4v) is 3.10. The molecule has 3 heteroatoms. The molecule has 2 rings (SSSR count). The van der Waals surface area contributed by atoms with Crippen molar-refractivity contribution >= 4 is 0 Å². The van der Waals surface area contributed by atoms with Crippen molar-refractivity contribution in [2.75, 3.05) is 0 Å². The molecule has 0 amide bonds. The lowest BCUT2D eigenvalue weighted by molar-refractivity contribution is 0.343. The third-order valence-electron chi connectivity index (χ3n) is 4.47. The molecule has 3 unspecified atom stereocenters. The van der Waals surface area contributed by atoms with Crippen molar-refractivity contribution in [1.82, 2.24) is 10.5 Å². The van der Waals surface area contributed by atoms with Crippen LogP contribution in [0.1, 0.15) is 50.1 Å². The summed E-state index contributed by atoms with van der Waals surface area (Å²) in [6.45, 7) is 9.58. The summed E-state index contributed by atoms with van der Waals surface area (Å²) in [6, 6.07) is 0.661. The highest BCUT2D eigenvalue weighted by atomic mass is 16.5. The van der Waals surface area contributed by atoms with Gasteiger partial charge in [0.15, 0.2) is 0 Å². The van der Waals surface area contributed by atoms with Gasteiger partial charge in [-0.15, -0.1) is 0 Å². The van der Waals surface area contributed by atoms with Gasteiger partial charge >= 0.3 is 0 Å². The van der Waals surface area contributed by atoms with E-state index in [-0.39, 0.29) is 0 Å². The summed E-state index contributed by atoms with van der Waals surface area (Å²) in [6.07, 6.45) is 3.99. The quantitative estimate of drug-likeness (QED) is 0.872. The predicted octanol–water partition coefficient (Wildman–Crippen LogP) is 3.21. The second-order valence-electron chi connectivity index (χ2n) is 5.39. The molecule has 1 heterocycles. The average molecular weight is 236 g/mol. The van der Waals surface area contributed by atoms with Crippen LogP contribution in [0.5, 0.6) is 0 Å². The predicted molar refractivity (Wildman–Crippen MR) is 68.8 cm³/mol. The second-order valence-corrected chi connectivity index (χ2v) is 5.39. The Morgan fingerprint density at radius 3 is 2.65 bits per heavy atom. The highest BCUT2D eigenvalue weighted by Gasteiger charge is 2.31. The van der Waals surface area contributed by atoms with E-state index in [2.05, 4.69) is 24.3 Å². The van der Waals surface area contributed by atoms with Gasteiger partial charge in [-0.1, -0.05) is 25.4 Å². The maximum Gasteiger partial charge on any atom is 0.138 e. The minimum absolute atomic E-state index is 0.661. The molecule has 0 spiro atoms. The molecule has 0 radical (unpaired) electrons. The Bertz CT molecular complexity index is 353. The Balaban J connectivity index is 1.91.